The molecule has 2 aromatic rings. The molecule has 3 heterocycles. The number of piperidine rings is 1. The van der Waals surface area contributed by atoms with Gasteiger partial charge in [-0.25, -0.2) is 9.37 Å². The average Bonchev–Trinajstić information content (AvgIpc) is 3.38. The van der Waals surface area contributed by atoms with Crippen LogP contribution in [0.5, 0.6) is 0 Å². The third kappa shape index (κ3) is 2.63. The molecule has 1 aromatic carbocycles. The lowest BCUT2D eigenvalue weighted by Crippen LogP contribution is -2.31. The maximum Gasteiger partial charge on any atom is 0.253 e. The van der Waals surface area contributed by atoms with Gasteiger partial charge in [0, 0.05) is 18.5 Å². The largest absolute Gasteiger partial charge is 0.350 e. The molecule has 2 aliphatic heterocycles. The van der Waals surface area contributed by atoms with Gasteiger partial charge in [-0.3, -0.25) is 4.79 Å². The summed E-state index contributed by atoms with van der Waals surface area (Å²) in [7, 11) is 0. The van der Waals surface area contributed by atoms with Crippen molar-refractivity contribution in [2.75, 3.05) is 19.6 Å². The molecule has 5 rings (SSSR count). The Hall–Kier alpha value is -1.95. The van der Waals surface area contributed by atoms with E-state index < -0.39 is 0 Å². The van der Waals surface area contributed by atoms with E-state index in [4.69, 9.17) is 4.98 Å². The van der Waals surface area contributed by atoms with Crippen molar-refractivity contribution in [1.82, 2.24) is 20.2 Å². The van der Waals surface area contributed by atoms with Crippen molar-refractivity contribution in [2.45, 2.75) is 44.1 Å². The maximum atomic E-state index is 14.1. The van der Waals surface area contributed by atoms with Gasteiger partial charge in [0.2, 0.25) is 0 Å². The number of halogens is 1. The summed E-state index contributed by atoms with van der Waals surface area (Å²) in [4.78, 5) is 17.4. The second-order valence-electron chi connectivity index (χ2n) is 7.73. The average molecular weight is 342 g/mol. The number of benzene rings is 1. The smallest absolute Gasteiger partial charge is 0.253 e. The van der Waals surface area contributed by atoms with E-state index in [9.17, 15) is 9.18 Å². The number of amides is 1. The Bertz CT molecular complexity index is 836. The Morgan fingerprint density at radius 1 is 1.20 bits per heavy atom. The fourth-order valence-corrected chi connectivity index (χ4v) is 4.45. The van der Waals surface area contributed by atoms with E-state index in [1.807, 2.05) is 0 Å². The number of hydrogen-bond acceptors (Lipinski definition) is 3. The van der Waals surface area contributed by atoms with Crippen molar-refractivity contribution in [3.8, 4) is 0 Å². The van der Waals surface area contributed by atoms with Crippen molar-refractivity contribution in [3.63, 3.8) is 0 Å². The Morgan fingerprint density at radius 2 is 2.00 bits per heavy atom. The molecule has 2 N–H and O–H groups in total. The molecule has 1 saturated carbocycles. The summed E-state index contributed by atoms with van der Waals surface area (Å²) in [6.45, 7) is 2.58. The van der Waals surface area contributed by atoms with Crippen LogP contribution >= 0.6 is 0 Å². The van der Waals surface area contributed by atoms with Crippen LogP contribution < -0.4 is 10.6 Å². The minimum atomic E-state index is -0.389. The number of hydrogen-bond donors (Lipinski definition) is 2. The maximum absolute atomic E-state index is 14.1. The molecule has 1 saturated heterocycles. The standard InChI is InChI=1S/C19H23FN4O/c20-13-8-15-17-16(9-13)23-18(12-3-5-21-6-4-12)24(17)14(7-11-1-2-11)10-22-19(15)25/h8-9,11-12,14,21H,1-7,10H2,(H,22,25). The van der Waals surface area contributed by atoms with Crippen molar-refractivity contribution >= 4 is 16.9 Å². The number of carbonyl (C=O) groups excluding carboxylic acids is 1. The number of aromatic nitrogens is 2. The number of rotatable bonds is 3. The Kier molecular flexibility index (Phi) is 3.55. The molecule has 2 fully saturated rings. The van der Waals surface area contributed by atoms with Crippen LogP contribution in [-0.4, -0.2) is 35.1 Å². The van der Waals surface area contributed by atoms with Crippen molar-refractivity contribution in [1.29, 1.82) is 0 Å². The third-order valence-electron chi connectivity index (χ3n) is 5.89. The van der Waals surface area contributed by atoms with Crippen LogP contribution in [0.2, 0.25) is 0 Å². The minimum absolute atomic E-state index is 0.180. The summed E-state index contributed by atoms with van der Waals surface area (Å²) < 4.78 is 16.4. The second kappa shape index (κ2) is 5.80. The Morgan fingerprint density at radius 3 is 2.76 bits per heavy atom. The molecule has 1 unspecified atom stereocenters. The highest BCUT2D eigenvalue weighted by Crippen LogP contribution is 2.41. The first-order valence-corrected chi connectivity index (χ1v) is 9.41. The van der Waals surface area contributed by atoms with E-state index in [-0.39, 0.29) is 17.8 Å². The van der Waals surface area contributed by atoms with Gasteiger partial charge >= 0.3 is 0 Å². The molecule has 6 heteroatoms. The second-order valence-corrected chi connectivity index (χ2v) is 7.73. The molecule has 132 valence electrons. The Balaban J connectivity index is 1.71. The molecule has 25 heavy (non-hydrogen) atoms. The summed E-state index contributed by atoms with van der Waals surface area (Å²) in [5.41, 5.74) is 1.89. The summed E-state index contributed by atoms with van der Waals surface area (Å²) >= 11 is 0. The van der Waals surface area contributed by atoms with E-state index in [0.717, 1.165) is 49.6 Å². The summed E-state index contributed by atoms with van der Waals surface area (Å²) in [6, 6.07) is 3.06. The quantitative estimate of drug-likeness (QED) is 0.902. The van der Waals surface area contributed by atoms with Gasteiger partial charge in [0.05, 0.1) is 22.6 Å². The van der Waals surface area contributed by atoms with Gasteiger partial charge in [-0.2, -0.15) is 0 Å². The molecule has 3 aliphatic rings. The molecule has 1 aromatic heterocycles. The number of carbonyl (C=O) groups is 1. The summed E-state index contributed by atoms with van der Waals surface area (Å²) in [6.07, 6.45) is 5.71. The molecule has 1 amide bonds. The lowest BCUT2D eigenvalue weighted by atomic mass is 9.96. The molecule has 0 bridgehead atoms. The molecule has 1 aliphatic carbocycles. The van der Waals surface area contributed by atoms with Crippen LogP contribution in [0.3, 0.4) is 0 Å². The lowest BCUT2D eigenvalue weighted by Gasteiger charge is -2.26. The summed E-state index contributed by atoms with van der Waals surface area (Å²) in [5, 5.41) is 6.41. The van der Waals surface area contributed by atoms with Crippen LogP contribution in [0, 0.1) is 11.7 Å². The highest BCUT2D eigenvalue weighted by molar-refractivity contribution is 6.05. The number of imidazole rings is 1. The van der Waals surface area contributed by atoms with E-state index in [0.29, 0.717) is 23.5 Å². The van der Waals surface area contributed by atoms with E-state index in [2.05, 4.69) is 15.2 Å². The number of nitrogens with one attached hydrogen (secondary N) is 2. The van der Waals surface area contributed by atoms with E-state index >= 15 is 0 Å². The molecule has 1 atom stereocenters. The first-order chi connectivity index (χ1) is 12.2. The van der Waals surface area contributed by atoms with Gasteiger partial charge < -0.3 is 15.2 Å². The van der Waals surface area contributed by atoms with Crippen molar-refractivity contribution in [3.05, 3.63) is 29.3 Å². The first-order valence-electron chi connectivity index (χ1n) is 9.41. The molecule has 0 spiro atoms. The van der Waals surface area contributed by atoms with Gasteiger partial charge in [-0.1, -0.05) is 12.8 Å². The minimum Gasteiger partial charge on any atom is -0.350 e. The van der Waals surface area contributed by atoms with Crippen molar-refractivity contribution < 1.29 is 9.18 Å². The van der Waals surface area contributed by atoms with Gasteiger partial charge in [0.15, 0.2) is 0 Å². The van der Waals surface area contributed by atoms with Crippen LogP contribution in [0.15, 0.2) is 12.1 Å². The van der Waals surface area contributed by atoms with Crippen LogP contribution in [0.25, 0.3) is 11.0 Å². The number of nitrogens with zero attached hydrogens (tertiary/aromatic N) is 2. The highest BCUT2D eigenvalue weighted by atomic mass is 19.1. The molecule has 5 nitrogen and oxygen atoms in total. The zero-order valence-corrected chi connectivity index (χ0v) is 14.2. The molecular weight excluding hydrogens is 319 g/mol. The Labute approximate surface area is 146 Å². The fourth-order valence-electron chi connectivity index (χ4n) is 4.45. The topological polar surface area (TPSA) is 59.0 Å². The normalized spacial score (nSPS) is 24.4. The zero-order valence-electron chi connectivity index (χ0n) is 14.2. The van der Waals surface area contributed by atoms with E-state index in [1.165, 1.54) is 25.0 Å². The van der Waals surface area contributed by atoms with Gasteiger partial charge in [-0.05, 0) is 44.3 Å². The SMILES string of the molecule is O=C1NCC(CC2CC2)n2c(C3CCNCC3)nc3cc(F)cc1c32. The third-order valence-corrected chi connectivity index (χ3v) is 5.89. The van der Waals surface area contributed by atoms with Crippen LogP contribution in [0.1, 0.15) is 60.2 Å². The van der Waals surface area contributed by atoms with Crippen molar-refractivity contribution in [2.24, 2.45) is 5.92 Å². The van der Waals surface area contributed by atoms with Gasteiger partial charge in [0.1, 0.15) is 11.6 Å². The van der Waals surface area contributed by atoms with Gasteiger partial charge in [-0.15, -0.1) is 0 Å². The monoisotopic (exact) mass is 342 g/mol. The zero-order chi connectivity index (χ0) is 17.0. The first kappa shape index (κ1) is 15.3. The van der Waals surface area contributed by atoms with Crippen LogP contribution in [-0.2, 0) is 0 Å². The predicted molar refractivity (Wildman–Crippen MR) is 93.2 cm³/mol. The van der Waals surface area contributed by atoms with E-state index in [1.54, 1.807) is 0 Å². The summed E-state index contributed by atoms with van der Waals surface area (Å²) in [5.74, 6) is 1.60. The lowest BCUT2D eigenvalue weighted by molar-refractivity contribution is 0.0952. The van der Waals surface area contributed by atoms with Gasteiger partial charge in [0.25, 0.3) is 5.91 Å². The highest BCUT2D eigenvalue weighted by Gasteiger charge is 2.34. The molecule has 0 radical (unpaired) electrons. The fraction of sp³-hybridized carbons (Fsp3) is 0.579. The molecular formula is C19H23FN4O. The predicted octanol–water partition coefficient (Wildman–Crippen LogP) is 2.73. The van der Waals surface area contributed by atoms with Crippen LogP contribution in [0.4, 0.5) is 4.39 Å².